The average Bonchev–Trinajstić information content (AvgIpc) is 3.26. The van der Waals surface area contributed by atoms with Gasteiger partial charge in [0.1, 0.15) is 5.52 Å². The number of aryl methyl sites for hydroxylation is 1. The zero-order valence-electron chi connectivity index (χ0n) is 14.8. The molecule has 1 saturated heterocycles. The number of rotatable bonds is 4. The van der Waals surface area contributed by atoms with Gasteiger partial charge in [0.05, 0.1) is 35.6 Å². The van der Waals surface area contributed by atoms with Crippen molar-refractivity contribution < 1.29 is 14.7 Å². The molecule has 1 atom stereocenters. The van der Waals surface area contributed by atoms with Gasteiger partial charge in [0, 0.05) is 38.1 Å². The smallest absolute Gasteiger partial charge is 0.272 e. The van der Waals surface area contributed by atoms with E-state index in [-0.39, 0.29) is 24.6 Å². The molecule has 11 heteroatoms. The van der Waals surface area contributed by atoms with Gasteiger partial charge in [-0.1, -0.05) is 0 Å². The fourth-order valence-corrected chi connectivity index (χ4v) is 2.93. The van der Waals surface area contributed by atoms with Gasteiger partial charge in [0.25, 0.3) is 11.8 Å². The Morgan fingerprint density at radius 2 is 2.21 bits per heavy atom. The van der Waals surface area contributed by atoms with Crippen LogP contribution in [0.3, 0.4) is 0 Å². The number of aliphatic hydroxyl groups excluding tert-OH is 1. The molecule has 0 unspecified atom stereocenters. The molecule has 3 N–H and O–H groups in total. The van der Waals surface area contributed by atoms with Gasteiger partial charge in [-0.2, -0.15) is 10.4 Å². The first kappa shape index (κ1) is 17.6. The normalized spacial score (nSPS) is 15.1. The summed E-state index contributed by atoms with van der Waals surface area (Å²) < 4.78 is 1.63. The van der Waals surface area contributed by atoms with Gasteiger partial charge in [-0.3, -0.25) is 14.3 Å². The van der Waals surface area contributed by atoms with Gasteiger partial charge >= 0.3 is 0 Å². The fourth-order valence-electron chi connectivity index (χ4n) is 2.93. The van der Waals surface area contributed by atoms with Gasteiger partial charge in [-0.05, 0) is 0 Å². The molecule has 4 rings (SSSR count). The van der Waals surface area contributed by atoms with Crippen molar-refractivity contribution in [3.8, 4) is 17.3 Å². The number of carbonyl (C=O) groups is 2. The molecule has 2 amide bonds. The van der Waals surface area contributed by atoms with E-state index >= 15 is 0 Å². The zero-order valence-corrected chi connectivity index (χ0v) is 14.8. The summed E-state index contributed by atoms with van der Waals surface area (Å²) in [7, 11) is 1.78. The minimum atomic E-state index is -1.70. The summed E-state index contributed by atoms with van der Waals surface area (Å²) in [5, 5.41) is 25.1. The molecular formula is C17H16N8O3. The summed E-state index contributed by atoms with van der Waals surface area (Å²) in [5.41, 5.74) is 2.14. The Labute approximate surface area is 158 Å². The molecule has 4 heterocycles. The number of hydrogen-bond donors (Lipinski definition) is 3. The third kappa shape index (κ3) is 3.06. The molecular weight excluding hydrogens is 364 g/mol. The maximum absolute atomic E-state index is 12.5. The van der Waals surface area contributed by atoms with Crippen molar-refractivity contribution in [2.75, 3.05) is 13.1 Å². The Kier molecular flexibility index (Phi) is 4.25. The molecule has 3 aromatic heterocycles. The lowest BCUT2D eigenvalue weighted by Gasteiger charge is -2.36. The summed E-state index contributed by atoms with van der Waals surface area (Å²) in [6.45, 7) is 0.491. The van der Waals surface area contributed by atoms with E-state index in [1.807, 2.05) is 6.07 Å². The zero-order chi connectivity index (χ0) is 19.8. The van der Waals surface area contributed by atoms with Crippen LogP contribution in [0.1, 0.15) is 10.4 Å². The maximum atomic E-state index is 12.5. The highest BCUT2D eigenvalue weighted by atomic mass is 16.3. The van der Waals surface area contributed by atoms with Crippen molar-refractivity contribution in [2.45, 2.75) is 6.23 Å². The third-order valence-corrected chi connectivity index (χ3v) is 4.50. The van der Waals surface area contributed by atoms with Crippen LogP contribution >= 0.6 is 0 Å². The number of aromatic amines is 1. The van der Waals surface area contributed by atoms with Gasteiger partial charge in [0.2, 0.25) is 6.23 Å². The largest absolute Gasteiger partial charge is 0.365 e. The van der Waals surface area contributed by atoms with Crippen molar-refractivity contribution in [2.24, 2.45) is 13.0 Å². The van der Waals surface area contributed by atoms with Crippen molar-refractivity contribution >= 4 is 23.0 Å². The van der Waals surface area contributed by atoms with Gasteiger partial charge in [0.15, 0.2) is 5.65 Å². The second kappa shape index (κ2) is 6.75. The van der Waals surface area contributed by atoms with Gasteiger partial charge in [-0.25, -0.2) is 9.97 Å². The van der Waals surface area contributed by atoms with E-state index in [0.717, 1.165) is 5.56 Å². The highest BCUT2D eigenvalue weighted by Crippen LogP contribution is 2.21. The molecule has 0 saturated carbocycles. The van der Waals surface area contributed by atoms with Crippen LogP contribution in [-0.2, 0) is 11.8 Å². The quantitative estimate of drug-likeness (QED) is 0.510. The Morgan fingerprint density at radius 1 is 1.43 bits per heavy atom. The lowest BCUT2D eigenvalue weighted by atomic mass is 10.0. The number of fused-ring (bicyclic) bond motifs is 1. The van der Waals surface area contributed by atoms with E-state index < -0.39 is 18.0 Å². The molecule has 1 aliphatic heterocycles. The maximum Gasteiger partial charge on any atom is 0.272 e. The van der Waals surface area contributed by atoms with E-state index in [1.165, 1.54) is 11.1 Å². The molecule has 11 nitrogen and oxygen atoms in total. The number of aliphatic hydroxyl groups is 1. The van der Waals surface area contributed by atoms with Crippen molar-refractivity contribution in [3.63, 3.8) is 0 Å². The monoisotopic (exact) mass is 380 g/mol. The molecule has 142 valence electrons. The lowest BCUT2D eigenvalue weighted by molar-refractivity contribution is -0.146. The first-order chi connectivity index (χ1) is 13.5. The van der Waals surface area contributed by atoms with Crippen LogP contribution < -0.4 is 5.32 Å². The lowest BCUT2D eigenvalue weighted by Crippen LogP contribution is -2.56. The van der Waals surface area contributed by atoms with E-state index in [1.54, 1.807) is 30.3 Å². The second-order valence-corrected chi connectivity index (χ2v) is 6.50. The van der Waals surface area contributed by atoms with Crippen LogP contribution in [0.25, 0.3) is 22.4 Å². The fraction of sp³-hybridized carbons (Fsp3) is 0.294. The number of aromatic nitrogens is 5. The number of H-pyrrole nitrogens is 1. The van der Waals surface area contributed by atoms with Crippen LogP contribution in [0, 0.1) is 17.2 Å². The molecule has 0 spiro atoms. The topological polar surface area (TPSA) is 153 Å². The summed E-state index contributed by atoms with van der Waals surface area (Å²) >= 11 is 0. The third-order valence-electron chi connectivity index (χ3n) is 4.50. The van der Waals surface area contributed by atoms with E-state index in [0.29, 0.717) is 16.9 Å². The number of carbonyl (C=O) groups excluding carboxylic acids is 2. The van der Waals surface area contributed by atoms with E-state index in [4.69, 9.17) is 5.26 Å². The minimum Gasteiger partial charge on any atom is -0.365 e. The number of nitrogens with zero attached hydrogens (tertiary/aromatic N) is 6. The molecule has 0 radical (unpaired) electrons. The van der Waals surface area contributed by atoms with Crippen molar-refractivity contribution in [3.05, 3.63) is 30.4 Å². The number of likely N-dealkylation sites (tertiary alicyclic amines) is 1. The van der Waals surface area contributed by atoms with Crippen LogP contribution in [-0.4, -0.2) is 65.9 Å². The first-order valence-electron chi connectivity index (χ1n) is 8.46. The number of hydrogen-bond acceptors (Lipinski definition) is 7. The molecule has 28 heavy (non-hydrogen) atoms. The van der Waals surface area contributed by atoms with Gasteiger partial charge in [-0.15, -0.1) is 0 Å². The average molecular weight is 380 g/mol. The Bertz CT molecular complexity index is 1110. The summed E-state index contributed by atoms with van der Waals surface area (Å²) in [6.07, 6.45) is 4.68. The van der Waals surface area contributed by atoms with Crippen molar-refractivity contribution in [1.82, 2.24) is 34.9 Å². The highest BCUT2D eigenvalue weighted by molar-refractivity contribution is 6.06. The Morgan fingerprint density at radius 3 is 2.89 bits per heavy atom. The molecule has 3 aromatic rings. The van der Waals surface area contributed by atoms with E-state index in [2.05, 4.69) is 25.4 Å². The second-order valence-electron chi connectivity index (χ2n) is 6.50. The predicted molar refractivity (Wildman–Crippen MR) is 95.2 cm³/mol. The first-order valence-corrected chi connectivity index (χ1v) is 8.46. The summed E-state index contributed by atoms with van der Waals surface area (Å²) in [5.74, 6) is -1.55. The standard InChI is InChI=1S/C17H16N8O3/c1-24-8-10(3-21-24)12-5-20-14-13(22-12)11(4-19-14)15(26)23-16(27)17(28)25-6-9(2-18)7-25/h3-5,8-9,16,27H,6-7H2,1H3,(H,19,20)(H,23,26)/t16-/m1/s1. The van der Waals surface area contributed by atoms with Crippen LogP contribution in [0.4, 0.5) is 0 Å². The van der Waals surface area contributed by atoms with Gasteiger partial charge < -0.3 is 20.3 Å². The Balaban J connectivity index is 1.52. The number of amides is 2. The predicted octanol–water partition coefficient (Wildman–Crippen LogP) is -0.611. The molecule has 0 bridgehead atoms. The summed E-state index contributed by atoms with van der Waals surface area (Å²) in [6, 6.07) is 2.04. The van der Waals surface area contributed by atoms with E-state index in [9.17, 15) is 14.7 Å². The molecule has 1 fully saturated rings. The number of nitriles is 1. The molecule has 0 aromatic carbocycles. The van der Waals surface area contributed by atoms with Crippen LogP contribution in [0.15, 0.2) is 24.8 Å². The van der Waals surface area contributed by atoms with Crippen LogP contribution in [0.5, 0.6) is 0 Å². The van der Waals surface area contributed by atoms with Crippen molar-refractivity contribution in [1.29, 1.82) is 5.26 Å². The summed E-state index contributed by atoms with van der Waals surface area (Å²) in [4.78, 5) is 37.5. The molecule has 1 aliphatic rings. The Hall–Kier alpha value is -3.78. The highest BCUT2D eigenvalue weighted by Gasteiger charge is 2.34. The number of nitrogens with one attached hydrogen (secondary N) is 2. The van der Waals surface area contributed by atoms with Crippen LogP contribution in [0.2, 0.25) is 0 Å². The molecule has 0 aliphatic carbocycles. The minimum absolute atomic E-state index is 0.151. The SMILES string of the molecule is Cn1cc(-c2cnc3[nH]cc(C(=O)N[C@H](O)C(=O)N4CC(C#N)C4)c3n2)cn1.